The molecule has 31 heavy (non-hydrogen) atoms. The largest absolute Gasteiger partial charge is 0.493 e. The van der Waals surface area contributed by atoms with Crippen molar-refractivity contribution in [1.29, 1.82) is 0 Å². The van der Waals surface area contributed by atoms with Gasteiger partial charge in [0.25, 0.3) is 5.91 Å². The average Bonchev–Trinajstić information content (AvgIpc) is 2.78. The van der Waals surface area contributed by atoms with E-state index in [2.05, 4.69) is 10.5 Å². The number of nitrogens with zero attached hydrogens (tertiary/aromatic N) is 1. The lowest BCUT2D eigenvalue weighted by Crippen LogP contribution is -2.24. The Balaban J connectivity index is 1.56. The van der Waals surface area contributed by atoms with E-state index in [9.17, 15) is 4.79 Å². The molecule has 0 fully saturated rings. The minimum absolute atomic E-state index is 0.173. The van der Waals surface area contributed by atoms with Gasteiger partial charge in [-0.05, 0) is 54.1 Å². The van der Waals surface area contributed by atoms with Crippen LogP contribution in [0.1, 0.15) is 11.1 Å². The van der Waals surface area contributed by atoms with Gasteiger partial charge in [0, 0.05) is 15.6 Å². The molecule has 0 bridgehead atoms. The summed E-state index contributed by atoms with van der Waals surface area (Å²) in [6.45, 7) is 0.114. The van der Waals surface area contributed by atoms with Crippen LogP contribution in [0.2, 0.25) is 10.0 Å². The number of carbonyl (C=O) groups is 1. The molecule has 3 aromatic rings. The van der Waals surface area contributed by atoms with E-state index in [1.165, 1.54) is 6.21 Å². The Morgan fingerprint density at radius 2 is 1.77 bits per heavy atom. The lowest BCUT2D eigenvalue weighted by atomic mass is 10.2. The van der Waals surface area contributed by atoms with Crippen molar-refractivity contribution < 1.29 is 19.0 Å². The van der Waals surface area contributed by atoms with Crippen molar-refractivity contribution in [3.05, 3.63) is 87.9 Å². The first-order chi connectivity index (χ1) is 15.0. The third-order valence-corrected chi connectivity index (χ3v) is 4.74. The second-order valence-corrected chi connectivity index (χ2v) is 7.17. The highest BCUT2D eigenvalue weighted by Gasteiger charge is 2.08. The van der Waals surface area contributed by atoms with E-state index in [1.807, 2.05) is 18.2 Å². The summed E-state index contributed by atoms with van der Waals surface area (Å²) in [4.78, 5) is 11.9. The summed E-state index contributed by atoms with van der Waals surface area (Å²) in [6, 6.07) is 19.5. The van der Waals surface area contributed by atoms with Crippen LogP contribution in [-0.2, 0) is 11.4 Å². The van der Waals surface area contributed by atoms with Crippen molar-refractivity contribution >= 4 is 35.3 Å². The maximum atomic E-state index is 11.9. The predicted molar refractivity (Wildman–Crippen MR) is 121 cm³/mol. The van der Waals surface area contributed by atoms with E-state index in [4.69, 9.17) is 37.4 Å². The Hall–Kier alpha value is -3.22. The summed E-state index contributed by atoms with van der Waals surface area (Å²) in [6.07, 6.45) is 1.50. The number of halogens is 2. The van der Waals surface area contributed by atoms with Crippen LogP contribution in [0.4, 0.5) is 0 Å². The quantitative estimate of drug-likeness (QED) is 0.357. The maximum absolute atomic E-state index is 11.9. The van der Waals surface area contributed by atoms with Gasteiger partial charge in [0.2, 0.25) is 0 Å². The molecule has 3 rings (SSSR count). The fourth-order valence-corrected chi connectivity index (χ4v) is 2.86. The van der Waals surface area contributed by atoms with E-state index < -0.39 is 5.91 Å². The van der Waals surface area contributed by atoms with Gasteiger partial charge in [-0.3, -0.25) is 4.79 Å². The van der Waals surface area contributed by atoms with Gasteiger partial charge >= 0.3 is 0 Å². The third-order valence-electron chi connectivity index (χ3n) is 4.12. The first kappa shape index (κ1) is 22.5. The minimum Gasteiger partial charge on any atom is -0.493 e. The van der Waals surface area contributed by atoms with Crippen LogP contribution in [0.15, 0.2) is 71.8 Å². The number of nitrogens with one attached hydrogen (secondary N) is 1. The Kier molecular flexibility index (Phi) is 8.15. The molecule has 0 aliphatic heterocycles. The first-order valence-corrected chi connectivity index (χ1v) is 10.1. The summed E-state index contributed by atoms with van der Waals surface area (Å²) >= 11 is 12.0. The van der Waals surface area contributed by atoms with Crippen LogP contribution in [0.25, 0.3) is 0 Å². The normalized spacial score (nSPS) is 10.7. The topological polar surface area (TPSA) is 69.2 Å². The lowest BCUT2D eigenvalue weighted by molar-refractivity contribution is -0.123. The summed E-state index contributed by atoms with van der Waals surface area (Å²) < 4.78 is 16.6. The van der Waals surface area contributed by atoms with Crippen LogP contribution in [0.5, 0.6) is 17.2 Å². The van der Waals surface area contributed by atoms with E-state index >= 15 is 0 Å². The number of amides is 1. The second-order valence-electron chi connectivity index (χ2n) is 6.33. The number of hydrogen-bond acceptors (Lipinski definition) is 5. The molecule has 8 heteroatoms. The van der Waals surface area contributed by atoms with Crippen LogP contribution in [0, 0.1) is 0 Å². The molecule has 0 saturated carbocycles. The van der Waals surface area contributed by atoms with Crippen LogP contribution < -0.4 is 19.6 Å². The number of methoxy groups -OCH3 is 1. The average molecular weight is 459 g/mol. The SMILES string of the molecule is COc1ccc(/C=N\NC(=O)COc2ccc(Cl)cc2)cc1OCc1ccccc1Cl. The molecule has 0 radical (unpaired) electrons. The summed E-state index contributed by atoms with van der Waals surface area (Å²) in [5.74, 6) is 1.25. The second kappa shape index (κ2) is 11.2. The molecule has 0 atom stereocenters. The Morgan fingerprint density at radius 1 is 1.00 bits per heavy atom. The van der Waals surface area contributed by atoms with Gasteiger partial charge in [-0.25, -0.2) is 5.43 Å². The lowest BCUT2D eigenvalue weighted by Gasteiger charge is -2.12. The van der Waals surface area contributed by atoms with Gasteiger partial charge in [-0.1, -0.05) is 41.4 Å². The number of hydrazone groups is 1. The highest BCUT2D eigenvalue weighted by molar-refractivity contribution is 6.31. The number of hydrogen-bond donors (Lipinski definition) is 1. The van der Waals surface area contributed by atoms with Crippen molar-refractivity contribution in [2.24, 2.45) is 5.10 Å². The van der Waals surface area contributed by atoms with Gasteiger partial charge < -0.3 is 14.2 Å². The molecule has 3 aromatic carbocycles. The van der Waals surface area contributed by atoms with Crippen molar-refractivity contribution in [2.75, 3.05) is 13.7 Å². The van der Waals surface area contributed by atoms with Crippen LogP contribution >= 0.6 is 23.2 Å². The molecule has 1 N–H and O–H groups in total. The van der Waals surface area contributed by atoms with Crippen LogP contribution in [-0.4, -0.2) is 25.8 Å². The monoisotopic (exact) mass is 458 g/mol. The van der Waals surface area contributed by atoms with Gasteiger partial charge in [0.15, 0.2) is 18.1 Å². The predicted octanol–water partition coefficient (Wildman–Crippen LogP) is 5.11. The number of carbonyl (C=O) groups excluding carboxylic acids is 1. The zero-order valence-electron chi connectivity index (χ0n) is 16.7. The van der Waals surface area contributed by atoms with E-state index in [0.29, 0.717) is 32.9 Å². The zero-order valence-corrected chi connectivity index (χ0v) is 18.2. The number of benzene rings is 3. The summed E-state index contributed by atoms with van der Waals surface area (Å²) in [5.41, 5.74) is 3.99. The van der Waals surface area contributed by atoms with Crippen molar-refractivity contribution in [3.63, 3.8) is 0 Å². The Labute approximate surface area is 190 Å². The van der Waals surface area contributed by atoms with Crippen molar-refractivity contribution in [1.82, 2.24) is 5.43 Å². The Bertz CT molecular complexity index is 1060. The molecule has 0 spiro atoms. The van der Waals surface area contributed by atoms with Gasteiger partial charge in [-0.2, -0.15) is 5.10 Å². The van der Waals surface area contributed by atoms with E-state index in [0.717, 1.165) is 5.56 Å². The minimum atomic E-state index is -0.394. The highest BCUT2D eigenvalue weighted by Crippen LogP contribution is 2.29. The molecule has 1 amide bonds. The molecule has 6 nitrogen and oxygen atoms in total. The standard InChI is InChI=1S/C23H20Cl2N2O4/c1-29-21-11-6-16(12-22(21)31-14-17-4-2-3-5-20(17)25)13-26-27-23(28)15-30-19-9-7-18(24)8-10-19/h2-13H,14-15H2,1H3,(H,27,28)/b26-13-. The molecule has 0 heterocycles. The van der Waals surface area contributed by atoms with Crippen molar-refractivity contribution in [3.8, 4) is 17.2 Å². The molecular formula is C23H20Cl2N2O4. The van der Waals surface area contributed by atoms with Gasteiger partial charge in [0.05, 0.1) is 13.3 Å². The first-order valence-electron chi connectivity index (χ1n) is 9.29. The molecular weight excluding hydrogens is 439 g/mol. The zero-order chi connectivity index (χ0) is 22.1. The maximum Gasteiger partial charge on any atom is 0.277 e. The van der Waals surface area contributed by atoms with E-state index in [1.54, 1.807) is 55.6 Å². The third kappa shape index (κ3) is 6.91. The van der Waals surface area contributed by atoms with Gasteiger partial charge in [-0.15, -0.1) is 0 Å². The number of rotatable bonds is 9. The molecule has 0 aromatic heterocycles. The Morgan fingerprint density at radius 3 is 2.52 bits per heavy atom. The summed E-state index contributed by atoms with van der Waals surface area (Å²) in [5, 5.41) is 5.17. The van der Waals surface area contributed by atoms with Gasteiger partial charge in [0.1, 0.15) is 12.4 Å². The smallest absolute Gasteiger partial charge is 0.277 e. The van der Waals surface area contributed by atoms with Crippen molar-refractivity contribution in [2.45, 2.75) is 6.61 Å². The molecule has 0 aliphatic carbocycles. The fraction of sp³-hybridized carbons (Fsp3) is 0.130. The van der Waals surface area contributed by atoms with E-state index in [-0.39, 0.29) is 13.2 Å². The molecule has 0 unspecified atom stereocenters. The molecule has 160 valence electrons. The molecule has 0 aliphatic rings. The number of ether oxygens (including phenoxy) is 3. The summed E-state index contributed by atoms with van der Waals surface area (Å²) in [7, 11) is 1.56. The molecule has 0 saturated heterocycles. The van der Waals surface area contributed by atoms with Crippen LogP contribution in [0.3, 0.4) is 0 Å². The highest BCUT2D eigenvalue weighted by atomic mass is 35.5. The fourth-order valence-electron chi connectivity index (χ4n) is 2.55.